The number of carbonyl (C=O) groups excluding carboxylic acids is 1. The Morgan fingerprint density at radius 3 is 2.37 bits per heavy atom. The Kier molecular flexibility index (Phi) is 10.1. The number of nitrogens with zero attached hydrogens (tertiary/aromatic N) is 3. The van der Waals surface area contributed by atoms with Crippen LogP contribution in [0.4, 0.5) is 18.9 Å². The first-order valence-corrected chi connectivity index (χ1v) is 15.5. The van der Waals surface area contributed by atoms with E-state index >= 15 is 0 Å². The molecule has 2 fully saturated rings. The second-order valence-electron chi connectivity index (χ2n) is 11.0. The molecule has 1 N–H and O–H groups in total. The standard InChI is InChI=1S/C28H28ClF3N4O3.2C2H6/c1-16-10-18(11-16)36-24(37)14-21(28(30,31)32)20-13-19(15-33-25(20)36)39-9-8-35-6-4-27(5-7-35)22-12-17(29)2-3-23(22)34-26(27)38;2*1-2/h2-3,12-16,18H,4-11H2,1H3,(H,34,38);2*1-2H3. The van der Waals surface area contributed by atoms with Crippen molar-refractivity contribution >= 4 is 34.2 Å². The van der Waals surface area contributed by atoms with E-state index in [1.165, 1.54) is 16.8 Å². The fourth-order valence-corrected chi connectivity index (χ4v) is 6.45. The minimum Gasteiger partial charge on any atom is -0.491 e. The molecule has 0 unspecified atom stereocenters. The van der Waals surface area contributed by atoms with Crippen molar-refractivity contribution in [2.45, 2.75) is 77.9 Å². The van der Waals surface area contributed by atoms with Gasteiger partial charge in [0.2, 0.25) is 5.91 Å². The number of hydrogen-bond acceptors (Lipinski definition) is 5. The van der Waals surface area contributed by atoms with Gasteiger partial charge in [0.05, 0.1) is 17.2 Å². The van der Waals surface area contributed by atoms with E-state index in [-0.39, 0.29) is 35.3 Å². The molecule has 1 aromatic carbocycles. The Labute approximate surface area is 255 Å². The van der Waals surface area contributed by atoms with Crippen LogP contribution in [-0.2, 0) is 16.4 Å². The summed E-state index contributed by atoms with van der Waals surface area (Å²) in [5.74, 6) is 0.628. The highest BCUT2D eigenvalue weighted by Gasteiger charge is 2.48. The van der Waals surface area contributed by atoms with Crippen molar-refractivity contribution in [2.75, 3.05) is 31.6 Å². The van der Waals surface area contributed by atoms with Crippen LogP contribution in [-0.4, -0.2) is 46.6 Å². The molecule has 2 aromatic heterocycles. The molecule has 3 aromatic rings. The third kappa shape index (κ3) is 6.41. The lowest BCUT2D eigenvalue weighted by atomic mass is 9.73. The molecule has 234 valence electrons. The third-order valence-electron chi connectivity index (χ3n) is 8.45. The van der Waals surface area contributed by atoms with Crippen molar-refractivity contribution in [1.29, 1.82) is 0 Å². The second kappa shape index (κ2) is 13.3. The number of pyridine rings is 2. The van der Waals surface area contributed by atoms with Crippen LogP contribution >= 0.6 is 11.6 Å². The molecular weight excluding hydrogens is 581 g/mol. The van der Waals surface area contributed by atoms with Gasteiger partial charge in [-0.3, -0.25) is 19.1 Å². The molecule has 1 amide bonds. The van der Waals surface area contributed by atoms with Crippen molar-refractivity contribution < 1.29 is 22.7 Å². The molecule has 3 aliphatic rings. The molecule has 2 aliphatic heterocycles. The normalized spacial score (nSPS) is 20.7. The van der Waals surface area contributed by atoms with E-state index in [4.69, 9.17) is 16.3 Å². The molecule has 7 nitrogen and oxygen atoms in total. The van der Waals surface area contributed by atoms with Crippen molar-refractivity contribution in [3.8, 4) is 5.75 Å². The number of likely N-dealkylation sites (tertiary alicyclic amines) is 1. The fourth-order valence-electron chi connectivity index (χ4n) is 6.27. The molecule has 6 rings (SSSR count). The van der Waals surface area contributed by atoms with E-state index < -0.39 is 22.7 Å². The number of amides is 1. The maximum atomic E-state index is 13.8. The molecular formula is C32H40ClF3N4O3. The first kappa shape index (κ1) is 32.8. The highest BCUT2D eigenvalue weighted by molar-refractivity contribution is 6.31. The van der Waals surface area contributed by atoms with Crippen LogP contribution in [0.2, 0.25) is 5.02 Å². The number of fused-ring (bicyclic) bond motifs is 3. The minimum atomic E-state index is -4.69. The van der Waals surface area contributed by atoms with Crippen molar-refractivity contribution in [3.63, 3.8) is 0 Å². The van der Waals surface area contributed by atoms with Gasteiger partial charge < -0.3 is 10.1 Å². The number of ether oxygens (including phenoxy) is 1. The largest absolute Gasteiger partial charge is 0.491 e. The fraction of sp³-hybridized carbons (Fsp3) is 0.531. The van der Waals surface area contributed by atoms with Crippen molar-refractivity contribution in [2.24, 2.45) is 5.92 Å². The highest BCUT2D eigenvalue weighted by Crippen LogP contribution is 2.46. The van der Waals surface area contributed by atoms with Crippen LogP contribution in [0.15, 0.2) is 41.3 Å². The van der Waals surface area contributed by atoms with Crippen LogP contribution in [0, 0.1) is 5.92 Å². The number of aromatic nitrogens is 2. The second-order valence-corrected chi connectivity index (χ2v) is 11.4. The summed E-state index contributed by atoms with van der Waals surface area (Å²) in [6.07, 6.45) is -0.570. The lowest BCUT2D eigenvalue weighted by Crippen LogP contribution is -2.47. The molecule has 1 saturated heterocycles. The maximum absolute atomic E-state index is 13.8. The number of carbonyl (C=O) groups is 1. The van der Waals surface area contributed by atoms with Crippen LogP contribution < -0.4 is 15.6 Å². The summed E-state index contributed by atoms with van der Waals surface area (Å²) < 4.78 is 48.7. The van der Waals surface area contributed by atoms with E-state index in [0.717, 1.165) is 24.1 Å². The third-order valence-corrected chi connectivity index (χ3v) is 8.69. The average Bonchev–Trinajstić information content (AvgIpc) is 3.24. The van der Waals surface area contributed by atoms with Gasteiger partial charge in [-0.1, -0.05) is 46.2 Å². The number of hydrogen-bond donors (Lipinski definition) is 1. The maximum Gasteiger partial charge on any atom is 0.417 e. The van der Waals surface area contributed by atoms with E-state index in [1.807, 2.05) is 46.8 Å². The molecule has 1 saturated carbocycles. The molecule has 1 aliphatic carbocycles. The Hall–Kier alpha value is -3.11. The summed E-state index contributed by atoms with van der Waals surface area (Å²) >= 11 is 6.20. The van der Waals surface area contributed by atoms with Gasteiger partial charge in [-0.05, 0) is 74.5 Å². The first-order valence-electron chi connectivity index (χ1n) is 15.1. The van der Waals surface area contributed by atoms with E-state index in [9.17, 15) is 22.8 Å². The number of alkyl halides is 3. The highest BCUT2D eigenvalue weighted by atomic mass is 35.5. The zero-order chi connectivity index (χ0) is 31.5. The van der Waals surface area contributed by atoms with Gasteiger partial charge >= 0.3 is 6.18 Å². The Balaban J connectivity index is 0.00000102. The molecule has 1 spiro atoms. The van der Waals surface area contributed by atoms with Crippen LogP contribution in [0.1, 0.15) is 77.5 Å². The van der Waals surface area contributed by atoms with E-state index in [2.05, 4.69) is 15.2 Å². The first-order chi connectivity index (χ1) is 20.5. The Bertz CT molecular complexity index is 1510. The smallest absolute Gasteiger partial charge is 0.417 e. The van der Waals surface area contributed by atoms with E-state index in [0.29, 0.717) is 49.5 Å². The zero-order valence-electron chi connectivity index (χ0n) is 25.4. The lowest BCUT2D eigenvalue weighted by molar-refractivity contribution is -0.136. The van der Waals surface area contributed by atoms with Gasteiger partial charge in [-0.25, -0.2) is 4.98 Å². The molecule has 0 atom stereocenters. The predicted molar refractivity (Wildman–Crippen MR) is 164 cm³/mol. The number of halogens is 4. The predicted octanol–water partition coefficient (Wildman–Crippen LogP) is 7.46. The lowest BCUT2D eigenvalue weighted by Gasteiger charge is -2.38. The van der Waals surface area contributed by atoms with Gasteiger partial charge in [-0.15, -0.1) is 0 Å². The number of anilines is 1. The van der Waals surface area contributed by atoms with Gasteiger partial charge in [0, 0.05) is 34.7 Å². The number of benzene rings is 1. The number of rotatable bonds is 5. The summed E-state index contributed by atoms with van der Waals surface area (Å²) in [4.78, 5) is 31.9. The Morgan fingerprint density at radius 1 is 1.07 bits per heavy atom. The van der Waals surface area contributed by atoms with Gasteiger partial charge in [-0.2, -0.15) is 13.2 Å². The monoisotopic (exact) mass is 620 g/mol. The molecule has 4 heterocycles. The Morgan fingerprint density at radius 2 is 1.74 bits per heavy atom. The topological polar surface area (TPSA) is 76.5 Å². The van der Waals surface area contributed by atoms with Crippen molar-refractivity contribution in [1.82, 2.24) is 14.5 Å². The minimum absolute atomic E-state index is 0.00629. The summed E-state index contributed by atoms with van der Waals surface area (Å²) in [7, 11) is 0. The van der Waals surface area contributed by atoms with Gasteiger partial charge in [0.15, 0.2) is 0 Å². The van der Waals surface area contributed by atoms with Gasteiger partial charge in [0.25, 0.3) is 5.56 Å². The van der Waals surface area contributed by atoms with Crippen LogP contribution in [0.3, 0.4) is 0 Å². The number of nitrogens with one attached hydrogen (secondary N) is 1. The summed E-state index contributed by atoms with van der Waals surface area (Å²) in [6.45, 7) is 12.2. The number of piperidine rings is 1. The average molecular weight is 621 g/mol. The van der Waals surface area contributed by atoms with Gasteiger partial charge in [0.1, 0.15) is 18.0 Å². The molecule has 43 heavy (non-hydrogen) atoms. The molecule has 0 radical (unpaired) electrons. The zero-order valence-corrected chi connectivity index (χ0v) is 26.1. The van der Waals surface area contributed by atoms with E-state index in [1.54, 1.807) is 6.07 Å². The summed E-state index contributed by atoms with van der Waals surface area (Å²) in [5, 5.41) is 3.43. The SMILES string of the molecule is CC.CC.CC1CC(n2c(=O)cc(C(F)(F)F)c3cc(OCCN4CCC5(CC4)C(=O)Nc4ccc(Cl)cc45)cnc32)C1. The van der Waals surface area contributed by atoms with Crippen molar-refractivity contribution in [3.05, 3.63) is 63.0 Å². The quantitative estimate of drug-likeness (QED) is 0.320. The molecule has 0 bridgehead atoms. The summed E-state index contributed by atoms with van der Waals surface area (Å²) in [6, 6.07) is 7.31. The van der Waals surface area contributed by atoms with Crippen LogP contribution in [0.25, 0.3) is 11.0 Å². The summed E-state index contributed by atoms with van der Waals surface area (Å²) in [5.41, 5.74) is -0.497. The molecule has 11 heteroatoms. The van der Waals surface area contributed by atoms with Crippen LogP contribution in [0.5, 0.6) is 5.75 Å².